The molecule has 0 bridgehead atoms. The van der Waals surface area contributed by atoms with Crippen molar-refractivity contribution >= 4 is 5.91 Å². The van der Waals surface area contributed by atoms with E-state index in [0.717, 1.165) is 25.0 Å². The predicted molar refractivity (Wildman–Crippen MR) is 92.8 cm³/mol. The van der Waals surface area contributed by atoms with Gasteiger partial charge in [0.15, 0.2) is 0 Å². The zero-order chi connectivity index (χ0) is 19.5. The number of aryl methyl sites for hydroxylation is 2. The molecule has 1 amide bonds. The molecule has 1 unspecified atom stereocenters. The van der Waals surface area contributed by atoms with Gasteiger partial charge in [-0.15, -0.1) is 0 Å². The van der Waals surface area contributed by atoms with Gasteiger partial charge in [-0.1, -0.05) is 6.92 Å². The highest BCUT2D eigenvalue weighted by Crippen LogP contribution is 2.56. The maximum absolute atomic E-state index is 13.2. The van der Waals surface area contributed by atoms with Gasteiger partial charge < -0.3 is 9.47 Å². The van der Waals surface area contributed by atoms with Crippen LogP contribution in [0.5, 0.6) is 0 Å². The monoisotopic (exact) mass is 378 g/mol. The van der Waals surface area contributed by atoms with Gasteiger partial charge in [-0.05, 0) is 13.0 Å². The molecule has 0 spiro atoms. The first-order valence-electron chi connectivity index (χ1n) is 9.08. The minimum Gasteiger partial charge on any atom is -0.342 e. The van der Waals surface area contributed by atoms with Crippen LogP contribution in [0.2, 0.25) is 0 Å². The molecule has 2 aromatic rings. The van der Waals surface area contributed by atoms with Crippen LogP contribution in [0.3, 0.4) is 0 Å². The fraction of sp³-hybridized carbons (Fsp3) is 0.526. The molecule has 144 valence electrons. The van der Waals surface area contributed by atoms with Crippen molar-refractivity contribution in [2.75, 3.05) is 13.1 Å². The molecule has 3 atom stereocenters. The number of imidazole rings is 1. The second-order valence-corrected chi connectivity index (χ2v) is 7.40. The van der Waals surface area contributed by atoms with Crippen LogP contribution in [0.15, 0.2) is 18.5 Å². The van der Waals surface area contributed by atoms with Crippen molar-refractivity contribution in [1.82, 2.24) is 19.4 Å². The molecule has 1 saturated heterocycles. The maximum atomic E-state index is 13.2. The number of piperidine rings is 1. The second kappa shape index (κ2) is 6.07. The van der Waals surface area contributed by atoms with Gasteiger partial charge in [0.05, 0.1) is 11.3 Å². The summed E-state index contributed by atoms with van der Waals surface area (Å²) in [6.07, 6.45) is -0.459. The van der Waals surface area contributed by atoms with E-state index in [4.69, 9.17) is 0 Å². The van der Waals surface area contributed by atoms with E-state index in [1.807, 2.05) is 18.0 Å². The topological polar surface area (TPSA) is 51.0 Å². The molecule has 5 nitrogen and oxygen atoms in total. The maximum Gasteiger partial charge on any atom is 0.418 e. The lowest BCUT2D eigenvalue weighted by molar-refractivity contribution is -0.138. The number of amides is 1. The number of fused-ring (bicyclic) bond motifs is 1. The van der Waals surface area contributed by atoms with Crippen molar-refractivity contribution < 1.29 is 18.0 Å². The summed E-state index contributed by atoms with van der Waals surface area (Å²) < 4.78 is 41.7. The van der Waals surface area contributed by atoms with Gasteiger partial charge in [0, 0.05) is 68.0 Å². The van der Waals surface area contributed by atoms with Crippen LogP contribution in [0.25, 0.3) is 11.3 Å². The molecule has 0 aromatic carbocycles. The number of hydrogen-bond donors (Lipinski definition) is 0. The summed E-state index contributed by atoms with van der Waals surface area (Å²) in [5.41, 5.74) is 0.117. The molecule has 0 N–H and O–H groups in total. The van der Waals surface area contributed by atoms with E-state index in [-0.39, 0.29) is 17.6 Å². The van der Waals surface area contributed by atoms with E-state index in [1.54, 1.807) is 6.92 Å². The smallest absolute Gasteiger partial charge is 0.342 e. The minimum absolute atomic E-state index is 0.0394. The lowest BCUT2D eigenvalue weighted by Crippen LogP contribution is -2.29. The number of nitrogens with zero attached hydrogens (tertiary/aromatic N) is 4. The summed E-state index contributed by atoms with van der Waals surface area (Å²) in [6, 6.07) is 1.40. The average molecular weight is 378 g/mol. The van der Waals surface area contributed by atoms with Gasteiger partial charge in [-0.3, -0.25) is 9.78 Å². The molecule has 0 radical (unpaired) electrons. The van der Waals surface area contributed by atoms with Gasteiger partial charge in [0.25, 0.3) is 0 Å². The normalized spacial score (nSPS) is 24.2. The molecule has 4 rings (SSSR count). The molecule has 1 saturated carbocycles. The molecule has 8 heteroatoms. The Morgan fingerprint density at radius 3 is 2.52 bits per heavy atom. The lowest BCUT2D eigenvalue weighted by Gasteiger charge is -2.18. The molecular weight excluding hydrogens is 357 g/mol. The van der Waals surface area contributed by atoms with E-state index in [0.29, 0.717) is 29.5 Å². The number of carbonyl (C=O) groups excluding carboxylic acids is 1. The Hall–Kier alpha value is -2.38. The molecule has 2 fully saturated rings. The Bertz CT molecular complexity index is 893. The fourth-order valence-corrected chi connectivity index (χ4v) is 4.22. The number of carbonyl (C=O) groups is 1. The molecule has 2 aliphatic rings. The number of likely N-dealkylation sites (tertiary alicyclic amines) is 1. The predicted octanol–water partition coefficient (Wildman–Crippen LogP) is 3.48. The van der Waals surface area contributed by atoms with E-state index in [1.165, 1.54) is 13.1 Å². The zero-order valence-electron chi connectivity index (χ0n) is 15.4. The first-order valence-corrected chi connectivity index (χ1v) is 9.08. The summed E-state index contributed by atoms with van der Waals surface area (Å²) in [4.78, 5) is 21.9. The minimum atomic E-state index is -4.44. The third-order valence-electron chi connectivity index (χ3n) is 5.73. The third-order valence-corrected chi connectivity index (χ3v) is 5.73. The average Bonchev–Trinajstić information content (AvgIpc) is 2.98. The van der Waals surface area contributed by atoms with Crippen LogP contribution in [0.1, 0.15) is 37.0 Å². The highest BCUT2D eigenvalue weighted by molar-refractivity contribution is 5.74. The Balaban J connectivity index is 1.63. The lowest BCUT2D eigenvalue weighted by atomic mass is 10.1. The number of rotatable bonds is 3. The van der Waals surface area contributed by atoms with Crippen molar-refractivity contribution in [2.24, 2.45) is 11.8 Å². The molecular formula is C19H21F3N4O. The fourth-order valence-electron chi connectivity index (χ4n) is 4.22. The summed E-state index contributed by atoms with van der Waals surface area (Å²) in [6.45, 7) is 6.40. The first kappa shape index (κ1) is 18.0. The van der Waals surface area contributed by atoms with Crippen LogP contribution in [0.4, 0.5) is 13.2 Å². The van der Waals surface area contributed by atoms with E-state index >= 15 is 0 Å². The summed E-state index contributed by atoms with van der Waals surface area (Å²) in [5, 5.41) is 0. The van der Waals surface area contributed by atoms with Crippen LogP contribution in [0, 0.1) is 18.8 Å². The number of halogens is 3. The van der Waals surface area contributed by atoms with Gasteiger partial charge in [0.1, 0.15) is 5.82 Å². The quantitative estimate of drug-likeness (QED) is 0.822. The number of pyridine rings is 1. The Kier molecular flexibility index (Phi) is 4.05. The van der Waals surface area contributed by atoms with Crippen molar-refractivity contribution in [1.29, 1.82) is 0 Å². The van der Waals surface area contributed by atoms with Gasteiger partial charge in [-0.25, -0.2) is 4.98 Å². The highest BCUT2D eigenvalue weighted by Gasteiger charge is 2.57. The Morgan fingerprint density at radius 2 is 1.96 bits per heavy atom. The standard InChI is InChI=1S/C19H21F3N4O/c1-4-17-24-16(12-5-15(19(20,21)22)10(2)23-6-12)9-26(17)18-13-7-25(11(3)27)8-14(13)18/h5-6,9,13-14,18H,4,7-8H2,1-3H3/t13-,14+,18?. The largest absolute Gasteiger partial charge is 0.418 e. The Labute approximate surface area is 155 Å². The van der Waals surface area contributed by atoms with Crippen LogP contribution in [-0.4, -0.2) is 38.4 Å². The van der Waals surface area contributed by atoms with Crippen molar-refractivity contribution in [3.63, 3.8) is 0 Å². The summed E-state index contributed by atoms with van der Waals surface area (Å²) in [5.74, 6) is 1.76. The van der Waals surface area contributed by atoms with Crippen LogP contribution < -0.4 is 0 Å². The molecule has 1 aliphatic carbocycles. The summed E-state index contributed by atoms with van der Waals surface area (Å²) in [7, 11) is 0. The van der Waals surface area contributed by atoms with Gasteiger partial charge in [0.2, 0.25) is 5.91 Å². The third kappa shape index (κ3) is 3.00. The molecule has 27 heavy (non-hydrogen) atoms. The summed E-state index contributed by atoms with van der Waals surface area (Å²) >= 11 is 0. The van der Waals surface area contributed by atoms with E-state index in [2.05, 4.69) is 14.5 Å². The molecule has 3 heterocycles. The second-order valence-electron chi connectivity index (χ2n) is 7.40. The highest BCUT2D eigenvalue weighted by atomic mass is 19.4. The molecule has 1 aliphatic heterocycles. The zero-order valence-corrected chi connectivity index (χ0v) is 15.4. The van der Waals surface area contributed by atoms with Crippen molar-refractivity contribution in [3.8, 4) is 11.3 Å². The van der Waals surface area contributed by atoms with Crippen LogP contribution >= 0.6 is 0 Å². The van der Waals surface area contributed by atoms with Crippen LogP contribution in [-0.2, 0) is 17.4 Å². The van der Waals surface area contributed by atoms with Gasteiger partial charge >= 0.3 is 6.18 Å². The van der Waals surface area contributed by atoms with Crippen molar-refractivity contribution in [3.05, 3.63) is 35.5 Å². The van der Waals surface area contributed by atoms with Crippen molar-refractivity contribution in [2.45, 2.75) is 39.4 Å². The van der Waals surface area contributed by atoms with Gasteiger partial charge in [-0.2, -0.15) is 13.2 Å². The number of hydrogen-bond acceptors (Lipinski definition) is 3. The van der Waals surface area contributed by atoms with E-state index < -0.39 is 11.7 Å². The SMILES string of the molecule is CCc1nc(-c2cnc(C)c(C(F)(F)F)c2)cn1C1[C@H]2CN(C(C)=O)C[C@@H]12. The Morgan fingerprint density at radius 1 is 1.30 bits per heavy atom. The van der Waals surface area contributed by atoms with E-state index in [9.17, 15) is 18.0 Å². The first-order chi connectivity index (χ1) is 12.7. The molecule has 2 aromatic heterocycles. The number of alkyl halides is 3. The number of aromatic nitrogens is 3.